The topological polar surface area (TPSA) is 98.0 Å². The van der Waals surface area contributed by atoms with Gasteiger partial charge >= 0.3 is 0 Å². The number of sulfonamides is 1. The summed E-state index contributed by atoms with van der Waals surface area (Å²) in [7, 11) is -3.75. The molecule has 1 aromatic heterocycles. The van der Waals surface area contributed by atoms with Gasteiger partial charge in [-0.1, -0.05) is 0 Å². The van der Waals surface area contributed by atoms with Crippen LogP contribution < -0.4 is 10.5 Å². The van der Waals surface area contributed by atoms with Crippen LogP contribution >= 0.6 is 15.9 Å². The highest BCUT2D eigenvalue weighted by Gasteiger charge is 2.18. The predicted molar refractivity (Wildman–Crippen MR) is 71.4 cm³/mol. The van der Waals surface area contributed by atoms with Gasteiger partial charge < -0.3 is 5.73 Å². The van der Waals surface area contributed by atoms with E-state index in [1.54, 1.807) is 12.1 Å². The fourth-order valence-corrected chi connectivity index (χ4v) is 3.26. The summed E-state index contributed by atoms with van der Waals surface area (Å²) < 4.78 is 27.0. The second-order valence-corrected chi connectivity index (χ2v) is 5.89. The van der Waals surface area contributed by atoms with Crippen molar-refractivity contribution in [1.29, 1.82) is 0 Å². The maximum atomic E-state index is 12.1. The molecule has 2 rings (SSSR count). The van der Waals surface area contributed by atoms with Crippen molar-refractivity contribution in [2.75, 3.05) is 10.5 Å². The van der Waals surface area contributed by atoms with Crippen molar-refractivity contribution in [2.45, 2.75) is 4.90 Å². The summed E-state index contributed by atoms with van der Waals surface area (Å²) in [4.78, 5) is 7.67. The standard InChI is InChI=1S/C10H9BrN4O2S/c11-8-2-1-7(12)5-9(8)18(16,17)15-10-6-13-3-4-14-10/h1-6H,12H2,(H,14,15). The van der Waals surface area contributed by atoms with Crippen LogP contribution in [0.15, 0.2) is 46.2 Å². The van der Waals surface area contributed by atoms with Crippen molar-refractivity contribution < 1.29 is 8.42 Å². The van der Waals surface area contributed by atoms with E-state index in [4.69, 9.17) is 5.73 Å². The Hall–Kier alpha value is -1.67. The van der Waals surface area contributed by atoms with Crippen LogP contribution in [0.2, 0.25) is 0 Å². The van der Waals surface area contributed by atoms with E-state index in [1.807, 2.05) is 0 Å². The molecule has 0 amide bonds. The van der Waals surface area contributed by atoms with Gasteiger partial charge in [-0.05, 0) is 34.1 Å². The molecular weight excluding hydrogens is 320 g/mol. The summed E-state index contributed by atoms with van der Waals surface area (Å²) in [5.74, 6) is 0.145. The van der Waals surface area contributed by atoms with Crippen LogP contribution in [0.1, 0.15) is 0 Å². The maximum absolute atomic E-state index is 12.1. The normalized spacial score (nSPS) is 11.2. The zero-order valence-corrected chi connectivity index (χ0v) is 11.4. The molecule has 2 aromatic rings. The van der Waals surface area contributed by atoms with Crippen LogP contribution in [0.5, 0.6) is 0 Å². The first kappa shape index (κ1) is 12.8. The van der Waals surface area contributed by atoms with Crippen molar-refractivity contribution >= 4 is 37.5 Å². The Labute approximate surface area is 112 Å². The highest BCUT2D eigenvalue weighted by Crippen LogP contribution is 2.25. The Balaban J connectivity index is 2.40. The van der Waals surface area contributed by atoms with Crippen molar-refractivity contribution in [2.24, 2.45) is 0 Å². The number of anilines is 2. The summed E-state index contributed by atoms with van der Waals surface area (Å²) in [6.07, 6.45) is 4.16. The van der Waals surface area contributed by atoms with Crippen LogP contribution in [0.4, 0.5) is 11.5 Å². The first-order valence-corrected chi connectivity index (χ1v) is 7.10. The lowest BCUT2D eigenvalue weighted by Crippen LogP contribution is -2.14. The van der Waals surface area contributed by atoms with E-state index in [-0.39, 0.29) is 10.7 Å². The number of nitrogen functional groups attached to an aromatic ring is 1. The average Bonchev–Trinajstić information content (AvgIpc) is 2.33. The van der Waals surface area contributed by atoms with E-state index in [9.17, 15) is 8.42 Å². The van der Waals surface area contributed by atoms with Crippen molar-refractivity contribution in [3.63, 3.8) is 0 Å². The molecule has 0 aliphatic carbocycles. The molecule has 0 atom stereocenters. The third kappa shape index (κ3) is 2.77. The average molecular weight is 329 g/mol. The Morgan fingerprint density at radius 2 is 2.06 bits per heavy atom. The van der Waals surface area contributed by atoms with E-state index in [1.165, 1.54) is 24.7 Å². The summed E-state index contributed by atoms with van der Waals surface area (Å²) in [6, 6.07) is 4.54. The molecule has 0 fully saturated rings. The SMILES string of the molecule is Nc1ccc(Br)c(S(=O)(=O)Nc2cnccn2)c1. The maximum Gasteiger partial charge on any atom is 0.264 e. The number of nitrogens with zero attached hydrogens (tertiary/aromatic N) is 2. The molecule has 1 aromatic carbocycles. The molecule has 0 spiro atoms. The number of nitrogens with one attached hydrogen (secondary N) is 1. The number of aromatic nitrogens is 2. The summed E-state index contributed by atoms with van der Waals surface area (Å²) in [6.45, 7) is 0. The van der Waals surface area contributed by atoms with Gasteiger partial charge in [0.05, 0.1) is 6.20 Å². The number of rotatable bonds is 3. The van der Waals surface area contributed by atoms with Crippen molar-refractivity contribution in [3.05, 3.63) is 41.3 Å². The Kier molecular flexibility index (Phi) is 3.48. The first-order valence-electron chi connectivity index (χ1n) is 4.83. The first-order chi connectivity index (χ1) is 8.49. The molecule has 94 valence electrons. The zero-order chi connectivity index (χ0) is 13.2. The van der Waals surface area contributed by atoms with E-state index < -0.39 is 10.0 Å². The number of hydrogen-bond acceptors (Lipinski definition) is 5. The minimum atomic E-state index is -3.75. The van der Waals surface area contributed by atoms with E-state index in [0.29, 0.717) is 10.2 Å². The lowest BCUT2D eigenvalue weighted by Gasteiger charge is -2.09. The van der Waals surface area contributed by atoms with Crippen molar-refractivity contribution in [3.8, 4) is 0 Å². The molecule has 0 bridgehead atoms. The second kappa shape index (κ2) is 4.91. The molecule has 18 heavy (non-hydrogen) atoms. The van der Waals surface area contributed by atoms with E-state index in [2.05, 4.69) is 30.6 Å². The molecule has 0 saturated heterocycles. The highest BCUT2D eigenvalue weighted by molar-refractivity contribution is 9.10. The Morgan fingerprint density at radius 3 is 2.72 bits per heavy atom. The Bertz CT molecular complexity index is 661. The van der Waals surface area contributed by atoms with Gasteiger partial charge in [0.2, 0.25) is 0 Å². The van der Waals surface area contributed by atoms with Crippen LogP contribution in [-0.4, -0.2) is 18.4 Å². The van der Waals surface area contributed by atoms with Gasteiger partial charge in [-0.3, -0.25) is 9.71 Å². The molecule has 0 radical (unpaired) electrons. The smallest absolute Gasteiger partial charge is 0.264 e. The van der Waals surface area contributed by atoms with E-state index in [0.717, 1.165) is 0 Å². The molecular formula is C10H9BrN4O2S. The molecule has 0 unspecified atom stereocenters. The third-order valence-electron chi connectivity index (χ3n) is 2.05. The fourth-order valence-electron chi connectivity index (χ4n) is 1.27. The third-order valence-corrected chi connectivity index (χ3v) is 4.40. The van der Waals surface area contributed by atoms with Gasteiger partial charge in [-0.2, -0.15) is 0 Å². The predicted octanol–water partition coefficient (Wildman–Crippen LogP) is 1.62. The minimum Gasteiger partial charge on any atom is -0.399 e. The number of halogens is 1. The number of hydrogen-bond donors (Lipinski definition) is 2. The van der Waals surface area contributed by atoms with Crippen LogP contribution in [0.25, 0.3) is 0 Å². The molecule has 0 aliphatic heterocycles. The summed E-state index contributed by atoms with van der Waals surface area (Å²) in [5, 5.41) is 0. The van der Waals surface area contributed by atoms with E-state index >= 15 is 0 Å². The highest BCUT2D eigenvalue weighted by atomic mass is 79.9. The quantitative estimate of drug-likeness (QED) is 0.834. The molecule has 0 aliphatic rings. The van der Waals surface area contributed by atoms with Crippen LogP contribution in [0, 0.1) is 0 Å². The van der Waals surface area contributed by atoms with Gasteiger partial charge in [0, 0.05) is 22.6 Å². The number of nitrogens with two attached hydrogens (primary N) is 1. The van der Waals surface area contributed by atoms with Crippen LogP contribution in [0.3, 0.4) is 0 Å². The Morgan fingerprint density at radius 1 is 1.28 bits per heavy atom. The van der Waals surface area contributed by atoms with Gasteiger partial charge in [-0.15, -0.1) is 0 Å². The molecule has 0 saturated carbocycles. The fraction of sp³-hybridized carbons (Fsp3) is 0. The van der Waals surface area contributed by atoms with Gasteiger partial charge in [0.25, 0.3) is 10.0 Å². The second-order valence-electron chi connectivity index (χ2n) is 3.39. The lowest BCUT2D eigenvalue weighted by molar-refractivity contribution is 0.600. The molecule has 3 N–H and O–H groups in total. The monoisotopic (exact) mass is 328 g/mol. The summed E-state index contributed by atoms with van der Waals surface area (Å²) in [5.41, 5.74) is 5.94. The largest absolute Gasteiger partial charge is 0.399 e. The lowest BCUT2D eigenvalue weighted by atomic mass is 10.3. The van der Waals surface area contributed by atoms with Crippen LogP contribution in [-0.2, 0) is 10.0 Å². The molecule has 6 nitrogen and oxygen atoms in total. The minimum absolute atomic E-state index is 0.0492. The number of benzene rings is 1. The van der Waals surface area contributed by atoms with Gasteiger partial charge in [0.15, 0.2) is 5.82 Å². The molecule has 8 heteroatoms. The summed E-state index contributed by atoms with van der Waals surface area (Å²) >= 11 is 3.17. The zero-order valence-electron chi connectivity index (χ0n) is 9.04. The van der Waals surface area contributed by atoms with Crippen molar-refractivity contribution in [1.82, 2.24) is 9.97 Å². The molecule has 1 heterocycles. The van der Waals surface area contributed by atoms with Gasteiger partial charge in [-0.25, -0.2) is 13.4 Å². The van der Waals surface area contributed by atoms with Gasteiger partial charge in [0.1, 0.15) is 4.90 Å².